The summed E-state index contributed by atoms with van der Waals surface area (Å²) in [5.41, 5.74) is 0.115. The summed E-state index contributed by atoms with van der Waals surface area (Å²) < 4.78 is 26.2. The Kier molecular flexibility index (Phi) is 5.52. The number of hydrogen-bond donors (Lipinski definition) is 1. The van der Waals surface area contributed by atoms with Crippen LogP contribution in [0.5, 0.6) is 0 Å². The molecule has 0 bridgehead atoms. The minimum absolute atomic E-state index is 0.0469. The maximum atomic E-state index is 13.3. The molecule has 0 aliphatic carbocycles. The molecule has 1 aliphatic heterocycles. The van der Waals surface area contributed by atoms with E-state index in [0.717, 1.165) is 12.1 Å². The lowest BCUT2D eigenvalue weighted by atomic mass is 10.2. The van der Waals surface area contributed by atoms with Gasteiger partial charge in [0.05, 0.1) is 0 Å². The molecule has 5 nitrogen and oxygen atoms in total. The van der Waals surface area contributed by atoms with Gasteiger partial charge in [0.2, 0.25) is 0 Å². The minimum Gasteiger partial charge on any atom is -0.337 e. The lowest BCUT2D eigenvalue weighted by Crippen LogP contribution is -2.44. The van der Waals surface area contributed by atoms with Crippen molar-refractivity contribution >= 4 is 11.9 Å². The van der Waals surface area contributed by atoms with Crippen molar-refractivity contribution in [1.82, 2.24) is 15.1 Å². The second-order valence-electron chi connectivity index (χ2n) is 5.87. The number of benzene rings is 1. The van der Waals surface area contributed by atoms with E-state index >= 15 is 0 Å². The molecular formula is C16H21F2N3O2. The van der Waals surface area contributed by atoms with Crippen LogP contribution in [0.25, 0.3) is 0 Å². The number of carbonyl (C=O) groups is 2. The topological polar surface area (TPSA) is 52.7 Å². The highest BCUT2D eigenvalue weighted by Gasteiger charge is 2.23. The van der Waals surface area contributed by atoms with E-state index in [1.54, 1.807) is 9.80 Å². The highest BCUT2D eigenvalue weighted by molar-refractivity contribution is 5.94. The van der Waals surface area contributed by atoms with E-state index in [9.17, 15) is 18.4 Å². The molecule has 0 unspecified atom stereocenters. The zero-order valence-electron chi connectivity index (χ0n) is 13.3. The molecule has 1 aromatic rings. The van der Waals surface area contributed by atoms with Crippen molar-refractivity contribution in [3.63, 3.8) is 0 Å². The van der Waals surface area contributed by atoms with Crippen molar-refractivity contribution in [2.24, 2.45) is 0 Å². The summed E-state index contributed by atoms with van der Waals surface area (Å²) >= 11 is 0. The lowest BCUT2D eigenvalue weighted by Gasteiger charge is -2.23. The number of nitrogens with one attached hydrogen (secondary N) is 1. The molecule has 2 rings (SSSR count). The Labute approximate surface area is 134 Å². The SMILES string of the molecule is CC(C)NC(=O)N1CCCN(C(=O)c2ccc(F)c(F)c2)CC1. The van der Waals surface area contributed by atoms with Gasteiger partial charge in [0.1, 0.15) is 0 Å². The Morgan fingerprint density at radius 1 is 1.04 bits per heavy atom. The fourth-order valence-electron chi connectivity index (χ4n) is 2.47. The van der Waals surface area contributed by atoms with Crippen LogP contribution in [-0.4, -0.2) is 54.0 Å². The van der Waals surface area contributed by atoms with E-state index in [2.05, 4.69) is 5.32 Å². The first-order valence-corrected chi connectivity index (χ1v) is 7.68. The van der Waals surface area contributed by atoms with Crippen LogP contribution in [0.15, 0.2) is 18.2 Å². The van der Waals surface area contributed by atoms with Gasteiger partial charge in [0.25, 0.3) is 5.91 Å². The van der Waals surface area contributed by atoms with Gasteiger partial charge in [-0.15, -0.1) is 0 Å². The first-order valence-electron chi connectivity index (χ1n) is 7.68. The van der Waals surface area contributed by atoms with Gasteiger partial charge in [0, 0.05) is 37.8 Å². The van der Waals surface area contributed by atoms with Crippen LogP contribution < -0.4 is 5.32 Å². The van der Waals surface area contributed by atoms with Crippen molar-refractivity contribution < 1.29 is 18.4 Å². The van der Waals surface area contributed by atoms with Crippen LogP contribution in [0.4, 0.5) is 13.6 Å². The first-order chi connectivity index (χ1) is 10.9. The molecule has 7 heteroatoms. The first kappa shape index (κ1) is 17.2. The highest BCUT2D eigenvalue weighted by atomic mass is 19.2. The number of rotatable bonds is 2. The maximum absolute atomic E-state index is 13.3. The normalized spacial score (nSPS) is 15.5. The molecule has 23 heavy (non-hydrogen) atoms. The Morgan fingerprint density at radius 2 is 1.70 bits per heavy atom. The smallest absolute Gasteiger partial charge is 0.317 e. The largest absolute Gasteiger partial charge is 0.337 e. The summed E-state index contributed by atoms with van der Waals surface area (Å²) in [6.07, 6.45) is 0.640. The van der Waals surface area contributed by atoms with Crippen molar-refractivity contribution in [2.75, 3.05) is 26.2 Å². The van der Waals surface area contributed by atoms with Gasteiger partial charge < -0.3 is 15.1 Å². The van der Waals surface area contributed by atoms with Crippen molar-refractivity contribution in [3.8, 4) is 0 Å². The molecule has 0 atom stereocenters. The van der Waals surface area contributed by atoms with E-state index in [1.807, 2.05) is 13.8 Å². The van der Waals surface area contributed by atoms with Crippen LogP contribution in [-0.2, 0) is 0 Å². The Bertz CT molecular complexity index is 593. The molecule has 0 aromatic heterocycles. The molecule has 1 fully saturated rings. The van der Waals surface area contributed by atoms with Crippen LogP contribution >= 0.6 is 0 Å². The van der Waals surface area contributed by atoms with Crippen LogP contribution in [0.1, 0.15) is 30.6 Å². The van der Waals surface area contributed by atoms with Crippen molar-refractivity contribution in [2.45, 2.75) is 26.3 Å². The van der Waals surface area contributed by atoms with Crippen molar-refractivity contribution in [1.29, 1.82) is 0 Å². The number of hydrogen-bond acceptors (Lipinski definition) is 2. The fraction of sp³-hybridized carbons (Fsp3) is 0.500. The second-order valence-corrected chi connectivity index (χ2v) is 5.87. The predicted molar refractivity (Wildman–Crippen MR) is 82.1 cm³/mol. The maximum Gasteiger partial charge on any atom is 0.317 e. The molecule has 0 saturated carbocycles. The lowest BCUT2D eigenvalue weighted by molar-refractivity contribution is 0.0761. The van der Waals surface area contributed by atoms with Gasteiger partial charge in [-0.2, -0.15) is 0 Å². The second kappa shape index (κ2) is 7.39. The molecule has 1 aromatic carbocycles. The predicted octanol–water partition coefficient (Wildman–Crippen LogP) is 2.23. The Morgan fingerprint density at radius 3 is 2.35 bits per heavy atom. The fourth-order valence-corrected chi connectivity index (χ4v) is 2.47. The third-order valence-electron chi connectivity index (χ3n) is 3.65. The van der Waals surface area contributed by atoms with E-state index in [1.165, 1.54) is 6.07 Å². The zero-order valence-corrected chi connectivity index (χ0v) is 13.3. The van der Waals surface area contributed by atoms with E-state index in [0.29, 0.717) is 32.6 Å². The van der Waals surface area contributed by atoms with Crippen LogP contribution in [0.2, 0.25) is 0 Å². The molecular weight excluding hydrogens is 304 g/mol. The monoisotopic (exact) mass is 325 g/mol. The molecule has 1 heterocycles. The van der Waals surface area contributed by atoms with Gasteiger partial charge in [-0.05, 0) is 38.5 Å². The zero-order chi connectivity index (χ0) is 17.0. The highest BCUT2D eigenvalue weighted by Crippen LogP contribution is 2.13. The van der Waals surface area contributed by atoms with E-state index < -0.39 is 11.6 Å². The summed E-state index contributed by atoms with van der Waals surface area (Å²) in [7, 11) is 0. The molecule has 0 spiro atoms. The third-order valence-corrected chi connectivity index (χ3v) is 3.65. The quantitative estimate of drug-likeness (QED) is 0.906. The van der Waals surface area contributed by atoms with Crippen molar-refractivity contribution in [3.05, 3.63) is 35.4 Å². The summed E-state index contributed by atoms with van der Waals surface area (Å²) in [6, 6.07) is 3.02. The molecule has 3 amide bonds. The summed E-state index contributed by atoms with van der Waals surface area (Å²) in [5.74, 6) is -2.37. The van der Waals surface area contributed by atoms with E-state index in [-0.39, 0.29) is 23.5 Å². The van der Waals surface area contributed by atoms with Gasteiger partial charge in [-0.3, -0.25) is 4.79 Å². The summed E-state index contributed by atoms with van der Waals surface area (Å²) in [6.45, 7) is 5.57. The van der Waals surface area contributed by atoms with Crippen LogP contribution in [0, 0.1) is 11.6 Å². The number of nitrogens with zero attached hydrogens (tertiary/aromatic N) is 2. The molecule has 1 saturated heterocycles. The molecule has 1 N–H and O–H groups in total. The number of carbonyl (C=O) groups excluding carboxylic acids is 2. The van der Waals surface area contributed by atoms with Gasteiger partial charge in [-0.25, -0.2) is 13.6 Å². The van der Waals surface area contributed by atoms with Gasteiger partial charge >= 0.3 is 6.03 Å². The average Bonchev–Trinajstić information content (AvgIpc) is 2.74. The molecule has 1 aliphatic rings. The minimum atomic E-state index is -1.04. The molecule has 126 valence electrons. The summed E-state index contributed by atoms with van der Waals surface area (Å²) in [4.78, 5) is 27.6. The van der Waals surface area contributed by atoms with Gasteiger partial charge in [-0.1, -0.05) is 0 Å². The Balaban J connectivity index is 2.00. The van der Waals surface area contributed by atoms with Gasteiger partial charge in [0.15, 0.2) is 11.6 Å². The number of urea groups is 1. The van der Waals surface area contributed by atoms with E-state index in [4.69, 9.17) is 0 Å². The average molecular weight is 325 g/mol. The van der Waals surface area contributed by atoms with Crippen LogP contribution in [0.3, 0.4) is 0 Å². The molecule has 0 radical (unpaired) electrons. The Hall–Kier alpha value is -2.18. The number of halogens is 2. The third kappa shape index (κ3) is 4.40. The summed E-state index contributed by atoms with van der Waals surface area (Å²) in [5, 5.41) is 2.82. The number of amides is 3. The standard InChI is InChI=1S/C16H21F2N3O2/c1-11(2)19-16(23)21-7-3-6-20(8-9-21)15(22)12-4-5-13(17)14(18)10-12/h4-5,10-11H,3,6-9H2,1-2H3,(H,19,23).